The van der Waals surface area contributed by atoms with E-state index in [1.54, 1.807) is 35.1 Å². The fraction of sp³-hybridized carbons (Fsp3) is 0.368. The molecule has 1 amide bonds. The van der Waals surface area contributed by atoms with Crippen molar-refractivity contribution in [3.8, 4) is 0 Å². The lowest BCUT2D eigenvalue weighted by molar-refractivity contribution is -0.115. The highest BCUT2D eigenvalue weighted by Crippen LogP contribution is 2.24. The summed E-state index contributed by atoms with van der Waals surface area (Å²) in [7, 11) is -3.57. The maximum Gasteiger partial charge on any atom is 0.243 e. The lowest BCUT2D eigenvalue weighted by Crippen LogP contribution is -2.40. The van der Waals surface area contributed by atoms with Gasteiger partial charge >= 0.3 is 0 Å². The van der Waals surface area contributed by atoms with Crippen LogP contribution < -0.4 is 5.32 Å². The number of thioether (sulfide) groups is 1. The van der Waals surface area contributed by atoms with Gasteiger partial charge in [0.15, 0.2) is 0 Å². The molecule has 0 aliphatic carbocycles. The molecule has 3 heterocycles. The van der Waals surface area contributed by atoms with Gasteiger partial charge < -0.3 is 10.1 Å². The number of amides is 1. The molecule has 0 bridgehead atoms. The smallest absolute Gasteiger partial charge is 0.243 e. The van der Waals surface area contributed by atoms with Crippen LogP contribution in [0.5, 0.6) is 0 Å². The average molecular weight is 495 g/mol. The summed E-state index contributed by atoms with van der Waals surface area (Å²) >= 11 is 2.87. The van der Waals surface area contributed by atoms with Crippen molar-refractivity contribution in [3.63, 3.8) is 0 Å². The van der Waals surface area contributed by atoms with E-state index in [0.717, 1.165) is 4.88 Å². The van der Waals surface area contributed by atoms with Crippen LogP contribution in [0.3, 0.4) is 0 Å². The van der Waals surface area contributed by atoms with Gasteiger partial charge in [-0.3, -0.25) is 4.79 Å². The van der Waals surface area contributed by atoms with Gasteiger partial charge in [-0.15, -0.1) is 16.4 Å². The SMILES string of the molecule is CC(Sc1nnnn1Cc1cccs1)C(=O)Nc1ccc(S(=O)(=O)N2CCOCC2)cc1. The van der Waals surface area contributed by atoms with Crippen LogP contribution in [-0.4, -0.2) is 70.4 Å². The van der Waals surface area contributed by atoms with Crippen LogP contribution in [0, 0.1) is 0 Å². The van der Waals surface area contributed by atoms with Crippen LogP contribution in [0.2, 0.25) is 0 Å². The zero-order chi connectivity index (χ0) is 22.6. The minimum atomic E-state index is -3.57. The summed E-state index contributed by atoms with van der Waals surface area (Å²) in [6, 6.07) is 10.1. The molecule has 0 spiro atoms. The second-order valence-electron chi connectivity index (χ2n) is 6.99. The number of thiophene rings is 1. The largest absolute Gasteiger partial charge is 0.379 e. The van der Waals surface area contributed by atoms with E-state index < -0.39 is 15.3 Å². The number of anilines is 1. The first kappa shape index (κ1) is 22.9. The van der Waals surface area contributed by atoms with Crippen molar-refractivity contribution in [2.75, 3.05) is 31.6 Å². The third-order valence-electron chi connectivity index (χ3n) is 4.77. The molecular formula is C19H22N6O4S3. The number of carbonyl (C=O) groups excluding carboxylic acids is 1. The van der Waals surface area contributed by atoms with Crippen LogP contribution in [0.4, 0.5) is 5.69 Å². The summed E-state index contributed by atoms with van der Waals surface area (Å²) in [5, 5.41) is 16.6. The number of rotatable bonds is 8. The van der Waals surface area contributed by atoms with Crippen LogP contribution in [0.1, 0.15) is 11.8 Å². The molecule has 1 saturated heterocycles. The topological polar surface area (TPSA) is 119 Å². The number of carbonyl (C=O) groups is 1. The van der Waals surface area contributed by atoms with Crippen molar-refractivity contribution in [1.82, 2.24) is 24.5 Å². The fourth-order valence-electron chi connectivity index (χ4n) is 3.03. The van der Waals surface area contributed by atoms with Gasteiger partial charge in [-0.2, -0.15) is 4.31 Å². The van der Waals surface area contributed by atoms with Crippen molar-refractivity contribution in [1.29, 1.82) is 0 Å². The van der Waals surface area contributed by atoms with Gasteiger partial charge in [0.25, 0.3) is 0 Å². The number of benzene rings is 1. The zero-order valence-electron chi connectivity index (χ0n) is 17.2. The summed E-state index contributed by atoms with van der Waals surface area (Å²) in [5.74, 6) is -0.232. The molecule has 170 valence electrons. The van der Waals surface area contributed by atoms with E-state index in [-0.39, 0.29) is 10.8 Å². The highest BCUT2D eigenvalue weighted by atomic mass is 32.2. The highest BCUT2D eigenvalue weighted by Gasteiger charge is 2.26. The van der Waals surface area contributed by atoms with Gasteiger partial charge in [-0.05, 0) is 53.1 Å². The summed E-state index contributed by atoms with van der Waals surface area (Å²) in [6.45, 7) is 3.75. The Balaban J connectivity index is 1.36. The molecule has 1 aliphatic heterocycles. The molecule has 1 aromatic carbocycles. The second-order valence-corrected chi connectivity index (χ2v) is 11.3. The van der Waals surface area contributed by atoms with Crippen molar-refractivity contribution in [2.24, 2.45) is 0 Å². The minimum Gasteiger partial charge on any atom is -0.379 e. The van der Waals surface area contributed by atoms with E-state index in [4.69, 9.17) is 4.74 Å². The number of nitrogens with one attached hydrogen (secondary N) is 1. The first-order valence-electron chi connectivity index (χ1n) is 9.87. The van der Waals surface area contributed by atoms with Gasteiger partial charge in [0.2, 0.25) is 21.1 Å². The number of tetrazole rings is 1. The predicted octanol–water partition coefficient (Wildman–Crippen LogP) is 1.92. The van der Waals surface area contributed by atoms with Gasteiger partial charge in [-0.25, -0.2) is 13.1 Å². The van der Waals surface area contributed by atoms with E-state index in [2.05, 4.69) is 20.8 Å². The number of sulfonamides is 1. The Morgan fingerprint density at radius 3 is 2.69 bits per heavy atom. The van der Waals surface area contributed by atoms with Crippen LogP contribution in [0.25, 0.3) is 0 Å². The molecular weight excluding hydrogens is 472 g/mol. The maximum atomic E-state index is 12.7. The molecule has 1 fully saturated rings. The molecule has 1 atom stereocenters. The van der Waals surface area contributed by atoms with E-state index >= 15 is 0 Å². The van der Waals surface area contributed by atoms with Gasteiger partial charge in [0.1, 0.15) is 0 Å². The van der Waals surface area contributed by atoms with Gasteiger partial charge in [0, 0.05) is 23.7 Å². The molecule has 1 N–H and O–H groups in total. The number of aromatic nitrogens is 4. The third-order valence-corrected chi connectivity index (χ3v) is 8.61. The molecule has 4 rings (SSSR count). The molecule has 13 heteroatoms. The second kappa shape index (κ2) is 10.1. The quantitative estimate of drug-likeness (QED) is 0.472. The fourth-order valence-corrected chi connectivity index (χ4v) is 5.91. The molecule has 32 heavy (non-hydrogen) atoms. The van der Waals surface area contributed by atoms with E-state index in [9.17, 15) is 13.2 Å². The number of morpholine rings is 1. The Morgan fingerprint density at radius 1 is 1.25 bits per heavy atom. The molecule has 0 radical (unpaired) electrons. The summed E-state index contributed by atoms with van der Waals surface area (Å²) in [6.07, 6.45) is 0. The first-order chi connectivity index (χ1) is 15.4. The molecule has 1 aliphatic rings. The van der Waals surface area contributed by atoms with Crippen molar-refractivity contribution in [3.05, 3.63) is 46.7 Å². The van der Waals surface area contributed by atoms with Crippen LogP contribution >= 0.6 is 23.1 Å². The highest BCUT2D eigenvalue weighted by molar-refractivity contribution is 8.00. The number of hydrogen-bond acceptors (Lipinski definition) is 9. The predicted molar refractivity (Wildman–Crippen MR) is 121 cm³/mol. The van der Waals surface area contributed by atoms with Gasteiger partial charge in [0.05, 0.1) is 29.9 Å². The number of hydrogen-bond donors (Lipinski definition) is 1. The van der Waals surface area contributed by atoms with E-state index in [1.807, 2.05) is 17.5 Å². The lowest BCUT2D eigenvalue weighted by Gasteiger charge is -2.26. The monoisotopic (exact) mass is 494 g/mol. The standard InChI is InChI=1S/C19H22N6O4S3/c1-14(31-19-21-22-23-25(19)13-16-3-2-12-30-16)18(26)20-15-4-6-17(7-5-15)32(27,28)24-8-10-29-11-9-24/h2-7,12,14H,8-11,13H2,1H3,(H,20,26). The van der Waals surface area contributed by atoms with Gasteiger partial charge in [-0.1, -0.05) is 17.8 Å². The zero-order valence-corrected chi connectivity index (χ0v) is 19.7. The molecule has 3 aromatic rings. The van der Waals surface area contributed by atoms with Crippen molar-refractivity contribution >= 4 is 44.7 Å². The average Bonchev–Trinajstić information content (AvgIpc) is 3.47. The normalized spacial score (nSPS) is 16.0. The first-order valence-corrected chi connectivity index (χ1v) is 13.1. The van der Waals surface area contributed by atoms with Crippen LogP contribution in [0.15, 0.2) is 51.8 Å². The number of ether oxygens (including phenoxy) is 1. The van der Waals surface area contributed by atoms with Crippen molar-refractivity contribution < 1.29 is 17.9 Å². The summed E-state index contributed by atoms with van der Waals surface area (Å²) < 4.78 is 33.7. The Hall–Kier alpha value is -2.32. The Kier molecular flexibility index (Phi) is 7.20. The van der Waals surface area contributed by atoms with Crippen LogP contribution in [-0.2, 0) is 26.1 Å². The molecule has 0 saturated carbocycles. The van der Waals surface area contributed by atoms with E-state index in [0.29, 0.717) is 43.7 Å². The lowest BCUT2D eigenvalue weighted by atomic mass is 10.3. The Labute approximate surface area is 194 Å². The Bertz CT molecular complexity index is 1140. The van der Waals surface area contributed by atoms with E-state index in [1.165, 1.54) is 28.2 Å². The molecule has 1 unspecified atom stereocenters. The number of nitrogens with zero attached hydrogens (tertiary/aromatic N) is 5. The van der Waals surface area contributed by atoms with Crippen molar-refractivity contribution in [2.45, 2.75) is 28.8 Å². The third kappa shape index (κ3) is 5.35. The maximum absolute atomic E-state index is 12.7. The summed E-state index contributed by atoms with van der Waals surface area (Å²) in [5.41, 5.74) is 0.515. The Morgan fingerprint density at radius 2 is 2.00 bits per heavy atom. The molecule has 2 aromatic heterocycles. The molecule has 10 nitrogen and oxygen atoms in total. The summed E-state index contributed by atoms with van der Waals surface area (Å²) in [4.78, 5) is 13.9. The minimum absolute atomic E-state index is 0.188.